The third kappa shape index (κ3) is 3.32. The molecule has 2 N–H and O–H groups in total. The molecule has 0 amide bonds. The predicted octanol–water partition coefficient (Wildman–Crippen LogP) is 0.736. The van der Waals surface area contributed by atoms with E-state index >= 15 is 0 Å². The van der Waals surface area contributed by atoms with Gasteiger partial charge in [0.15, 0.2) is 0 Å². The first-order valence-corrected chi connectivity index (χ1v) is 5.51. The van der Waals surface area contributed by atoms with E-state index < -0.39 is 0 Å². The van der Waals surface area contributed by atoms with Gasteiger partial charge < -0.3 is 10.6 Å². The van der Waals surface area contributed by atoms with Crippen molar-refractivity contribution in [2.24, 2.45) is 7.05 Å². The number of aryl methyl sites for hydroxylation is 2. The highest BCUT2D eigenvalue weighted by molar-refractivity contribution is 5.23. The highest BCUT2D eigenvalue weighted by Gasteiger charge is 2.07. The minimum atomic E-state index is 0.926. The number of nitrogens with zero attached hydrogens (tertiary/aromatic N) is 2. The number of hydrogen-bond donors (Lipinski definition) is 2. The molecule has 0 spiro atoms. The molecule has 0 aliphatic carbocycles. The molecule has 0 saturated heterocycles. The van der Waals surface area contributed by atoms with Crippen molar-refractivity contribution in [3.63, 3.8) is 0 Å². The van der Waals surface area contributed by atoms with E-state index in [0.29, 0.717) is 0 Å². The Hall–Kier alpha value is -0.870. The zero-order chi connectivity index (χ0) is 11.3. The highest BCUT2D eigenvalue weighted by atomic mass is 15.3. The van der Waals surface area contributed by atoms with E-state index in [1.165, 1.54) is 11.3 Å². The summed E-state index contributed by atoms with van der Waals surface area (Å²) in [6.45, 7) is 7.23. The maximum atomic E-state index is 4.39. The molecule has 1 aromatic rings. The van der Waals surface area contributed by atoms with Crippen molar-refractivity contribution >= 4 is 0 Å². The van der Waals surface area contributed by atoms with E-state index in [9.17, 15) is 0 Å². The number of nitrogens with one attached hydrogen (secondary N) is 2. The van der Waals surface area contributed by atoms with E-state index in [4.69, 9.17) is 0 Å². The molecule has 4 heteroatoms. The SMILES string of the molecule is CNCCCNCc1c(C)nn(C)c1C. The van der Waals surface area contributed by atoms with Gasteiger partial charge in [0.25, 0.3) is 0 Å². The second-order valence-electron chi connectivity index (χ2n) is 3.91. The predicted molar refractivity (Wildman–Crippen MR) is 62.9 cm³/mol. The van der Waals surface area contributed by atoms with E-state index in [0.717, 1.165) is 31.7 Å². The van der Waals surface area contributed by atoms with Gasteiger partial charge >= 0.3 is 0 Å². The summed E-state index contributed by atoms with van der Waals surface area (Å²) in [5.41, 5.74) is 3.73. The zero-order valence-corrected chi connectivity index (χ0v) is 10.2. The monoisotopic (exact) mass is 210 g/mol. The molecule has 0 saturated carbocycles. The van der Waals surface area contributed by atoms with Crippen LogP contribution in [0.1, 0.15) is 23.4 Å². The fourth-order valence-electron chi connectivity index (χ4n) is 1.68. The minimum absolute atomic E-state index is 0.926. The normalized spacial score (nSPS) is 10.9. The average molecular weight is 210 g/mol. The molecule has 0 atom stereocenters. The lowest BCUT2D eigenvalue weighted by Crippen LogP contribution is -2.20. The van der Waals surface area contributed by atoms with Crippen molar-refractivity contribution in [1.29, 1.82) is 0 Å². The topological polar surface area (TPSA) is 41.9 Å². The van der Waals surface area contributed by atoms with Gasteiger partial charge in [-0.05, 0) is 40.4 Å². The third-order valence-electron chi connectivity index (χ3n) is 2.74. The number of aromatic nitrogens is 2. The van der Waals surface area contributed by atoms with Crippen molar-refractivity contribution < 1.29 is 0 Å². The summed E-state index contributed by atoms with van der Waals surface area (Å²) in [6.07, 6.45) is 1.16. The molecule has 0 fully saturated rings. The Kier molecular flexibility index (Phi) is 4.78. The molecule has 1 aromatic heterocycles. The Morgan fingerprint density at radius 2 is 2.00 bits per heavy atom. The van der Waals surface area contributed by atoms with Gasteiger partial charge in [0.1, 0.15) is 0 Å². The van der Waals surface area contributed by atoms with E-state index in [1.54, 1.807) is 0 Å². The molecule has 0 unspecified atom stereocenters. The molecule has 4 nitrogen and oxygen atoms in total. The standard InChI is InChI=1S/C11H22N4/c1-9-11(10(2)15(4)14-9)8-13-7-5-6-12-3/h12-13H,5-8H2,1-4H3. The van der Waals surface area contributed by atoms with Crippen LogP contribution in [0, 0.1) is 13.8 Å². The summed E-state index contributed by atoms with van der Waals surface area (Å²) in [7, 11) is 3.97. The second-order valence-corrected chi connectivity index (χ2v) is 3.91. The van der Waals surface area contributed by atoms with Crippen molar-refractivity contribution in [2.45, 2.75) is 26.8 Å². The van der Waals surface area contributed by atoms with Gasteiger partial charge in [0.05, 0.1) is 5.69 Å². The smallest absolute Gasteiger partial charge is 0.0641 e. The van der Waals surface area contributed by atoms with Crippen molar-refractivity contribution in [1.82, 2.24) is 20.4 Å². The van der Waals surface area contributed by atoms with E-state index in [2.05, 4.69) is 29.6 Å². The van der Waals surface area contributed by atoms with Crippen molar-refractivity contribution in [2.75, 3.05) is 20.1 Å². The molecule has 86 valence electrons. The third-order valence-corrected chi connectivity index (χ3v) is 2.74. The van der Waals surface area contributed by atoms with Crippen molar-refractivity contribution in [3.05, 3.63) is 17.0 Å². The molecule has 1 heterocycles. The van der Waals surface area contributed by atoms with Crippen LogP contribution in [0.25, 0.3) is 0 Å². The van der Waals surface area contributed by atoms with Gasteiger partial charge in [0, 0.05) is 24.8 Å². The Morgan fingerprint density at radius 3 is 2.53 bits per heavy atom. The van der Waals surface area contributed by atoms with Gasteiger partial charge in [-0.2, -0.15) is 5.10 Å². The van der Waals surface area contributed by atoms with Gasteiger partial charge in [-0.3, -0.25) is 4.68 Å². The molecule has 0 bridgehead atoms. The first-order valence-electron chi connectivity index (χ1n) is 5.51. The van der Waals surface area contributed by atoms with Crippen LogP contribution in [-0.2, 0) is 13.6 Å². The van der Waals surface area contributed by atoms with Crippen LogP contribution in [0.3, 0.4) is 0 Å². The number of hydrogen-bond acceptors (Lipinski definition) is 3. The largest absolute Gasteiger partial charge is 0.320 e. The first kappa shape index (κ1) is 12.2. The lowest BCUT2D eigenvalue weighted by Gasteiger charge is -2.05. The molecular weight excluding hydrogens is 188 g/mol. The van der Waals surface area contributed by atoms with Crippen LogP contribution in [0.15, 0.2) is 0 Å². The molecular formula is C11H22N4. The Bertz CT molecular complexity index is 304. The fraction of sp³-hybridized carbons (Fsp3) is 0.727. The summed E-state index contributed by atoms with van der Waals surface area (Å²) in [4.78, 5) is 0. The zero-order valence-electron chi connectivity index (χ0n) is 10.2. The lowest BCUT2D eigenvalue weighted by molar-refractivity contribution is 0.622. The maximum Gasteiger partial charge on any atom is 0.0641 e. The summed E-state index contributed by atoms with van der Waals surface area (Å²) >= 11 is 0. The van der Waals surface area contributed by atoms with Crippen LogP contribution >= 0.6 is 0 Å². The second kappa shape index (κ2) is 5.88. The fourth-order valence-corrected chi connectivity index (χ4v) is 1.68. The first-order chi connectivity index (χ1) is 7.16. The van der Waals surface area contributed by atoms with E-state index in [1.807, 2.05) is 18.8 Å². The highest BCUT2D eigenvalue weighted by Crippen LogP contribution is 2.10. The van der Waals surface area contributed by atoms with E-state index in [-0.39, 0.29) is 0 Å². The average Bonchev–Trinajstić information content (AvgIpc) is 2.44. The van der Waals surface area contributed by atoms with Crippen LogP contribution in [-0.4, -0.2) is 29.9 Å². The van der Waals surface area contributed by atoms with Crippen LogP contribution in [0.4, 0.5) is 0 Å². The number of rotatable bonds is 6. The van der Waals surface area contributed by atoms with Gasteiger partial charge in [-0.25, -0.2) is 0 Å². The van der Waals surface area contributed by atoms with Gasteiger partial charge in [-0.1, -0.05) is 0 Å². The summed E-state index contributed by atoms with van der Waals surface area (Å²) < 4.78 is 1.94. The maximum absolute atomic E-state index is 4.39. The van der Waals surface area contributed by atoms with Gasteiger partial charge in [0.2, 0.25) is 0 Å². The van der Waals surface area contributed by atoms with Crippen molar-refractivity contribution in [3.8, 4) is 0 Å². The van der Waals surface area contributed by atoms with Crippen LogP contribution < -0.4 is 10.6 Å². The Morgan fingerprint density at radius 1 is 1.27 bits per heavy atom. The molecule has 1 rings (SSSR count). The summed E-state index contributed by atoms with van der Waals surface area (Å²) in [5, 5.41) is 11.0. The minimum Gasteiger partial charge on any atom is -0.320 e. The van der Waals surface area contributed by atoms with Crippen LogP contribution in [0.5, 0.6) is 0 Å². The molecule has 0 radical (unpaired) electrons. The summed E-state index contributed by atoms with van der Waals surface area (Å²) in [6, 6.07) is 0. The Balaban J connectivity index is 2.37. The lowest BCUT2D eigenvalue weighted by atomic mass is 10.2. The van der Waals surface area contributed by atoms with Crippen LogP contribution in [0.2, 0.25) is 0 Å². The molecule has 0 aliphatic rings. The molecule has 0 aliphatic heterocycles. The summed E-state index contributed by atoms with van der Waals surface area (Å²) in [5.74, 6) is 0. The Labute approximate surface area is 92.1 Å². The molecule has 15 heavy (non-hydrogen) atoms. The quantitative estimate of drug-likeness (QED) is 0.680. The van der Waals surface area contributed by atoms with Gasteiger partial charge in [-0.15, -0.1) is 0 Å². The molecule has 0 aromatic carbocycles.